The summed E-state index contributed by atoms with van der Waals surface area (Å²) in [5.74, 6) is -0.299. The van der Waals surface area contributed by atoms with Crippen molar-refractivity contribution in [3.8, 4) is 0 Å². The van der Waals surface area contributed by atoms with Gasteiger partial charge in [0.2, 0.25) is 5.91 Å². The zero-order valence-electron chi connectivity index (χ0n) is 13.8. The third-order valence-corrected chi connectivity index (χ3v) is 7.55. The zero-order chi connectivity index (χ0) is 17.2. The van der Waals surface area contributed by atoms with E-state index in [9.17, 15) is 13.2 Å². The third-order valence-electron chi connectivity index (χ3n) is 5.26. The molecule has 1 aliphatic carbocycles. The van der Waals surface area contributed by atoms with Crippen LogP contribution in [-0.2, 0) is 21.1 Å². The van der Waals surface area contributed by atoms with Gasteiger partial charge in [-0.3, -0.25) is 4.79 Å². The van der Waals surface area contributed by atoms with Crippen LogP contribution >= 0.6 is 15.9 Å². The first-order valence-corrected chi connectivity index (χ1v) is 11.3. The Hall–Kier alpha value is -0.880. The van der Waals surface area contributed by atoms with E-state index in [0.29, 0.717) is 6.42 Å². The van der Waals surface area contributed by atoms with Crippen LogP contribution in [0.4, 0.5) is 0 Å². The highest BCUT2D eigenvalue weighted by Crippen LogP contribution is 2.33. The molecule has 1 heterocycles. The van der Waals surface area contributed by atoms with E-state index in [2.05, 4.69) is 33.4 Å². The Labute approximate surface area is 152 Å². The number of hydrogen-bond donors (Lipinski definition) is 1. The highest BCUT2D eigenvalue weighted by atomic mass is 79.9. The van der Waals surface area contributed by atoms with Crippen molar-refractivity contribution >= 4 is 31.7 Å². The lowest BCUT2D eigenvalue weighted by atomic mass is 9.77. The smallest absolute Gasteiger partial charge is 0.224 e. The molecule has 1 saturated carbocycles. The van der Waals surface area contributed by atoms with E-state index in [4.69, 9.17) is 0 Å². The van der Waals surface area contributed by atoms with Crippen molar-refractivity contribution in [2.45, 2.75) is 50.5 Å². The molecule has 0 aromatic heterocycles. The molecule has 1 saturated heterocycles. The maximum Gasteiger partial charge on any atom is 0.224 e. The largest absolute Gasteiger partial charge is 0.350 e. The Kier molecular flexibility index (Phi) is 5.35. The highest BCUT2D eigenvalue weighted by molar-refractivity contribution is 9.10. The van der Waals surface area contributed by atoms with Crippen LogP contribution in [0.3, 0.4) is 0 Å². The van der Waals surface area contributed by atoms with E-state index in [0.717, 1.165) is 36.6 Å². The molecule has 24 heavy (non-hydrogen) atoms. The summed E-state index contributed by atoms with van der Waals surface area (Å²) in [5.41, 5.74) is 0.981. The summed E-state index contributed by atoms with van der Waals surface area (Å²) in [6.07, 6.45) is 6.63. The summed E-state index contributed by atoms with van der Waals surface area (Å²) < 4.78 is 24.4. The van der Waals surface area contributed by atoms with Crippen LogP contribution in [0.25, 0.3) is 0 Å². The first-order valence-electron chi connectivity index (χ1n) is 8.64. The van der Waals surface area contributed by atoms with Crippen LogP contribution < -0.4 is 5.32 Å². The quantitative estimate of drug-likeness (QED) is 0.823. The fourth-order valence-electron chi connectivity index (χ4n) is 3.93. The Morgan fingerprint density at radius 1 is 1.17 bits per heavy atom. The minimum absolute atomic E-state index is 0.00714. The predicted octanol–water partition coefficient (Wildman–Crippen LogP) is 3.25. The average Bonchev–Trinajstić information content (AvgIpc) is 2.91. The van der Waals surface area contributed by atoms with Gasteiger partial charge in [-0.1, -0.05) is 47.3 Å². The number of hydrogen-bond acceptors (Lipinski definition) is 3. The Balaban J connectivity index is 1.73. The SMILES string of the molecule is O=C(NC1(Cc2ccc(Br)cc2)CCCCC1)C1CCS(=O)(=O)C1. The van der Waals surface area contributed by atoms with Crippen molar-refractivity contribution in [3.63, 3.8) is 0 Å². The standard InChI is InChI=1S/C18H24BrNO3S/c19-16-6-4-14(5-7-16)12-18(9-2-1-3-10-18)20-17(21)15-8-11-24(22,23)13-15/h4-7,15H,1-3,8-13H2,(H,20,21). The molecule has 0 spiro atoms. The van der Waals surface area contributed by atoms with Crippen molar-refractivity contribution < 1.29 is 13.2 Å². The van der Waals surface area contributed by atoms with Crippen LogP contribution in [0.5, 0.6) is 0 Å². The Morgan fingerprint density at radius 2 is 1.83 bits per heavy atom. The van der Waals surface area contributed by atoms with E-state index in [1.807, 2.05) is 12.1 Å². The summed E-state index contributed by atoms with van der Waals surface area (Å²) in [5, 5.41) is 3.26. The molecule has 1 aromatic rings. The van der Waals surface area contributed by atoms with E-state index in [-0.39, 0.29) is 28.9 Å². The lowest BCUT2D eigenvalue weighted by Gasteiger charge is -2.39. The molecule has 1 amide bonds. The summed E-state index contributed by atoms with van der Waals surface area (Å²) >= 11 is 3.45. The summed E-state index contributed by atoms with van der Waals surface area (Å²) in [6, 6.07) is 8.23. The van der Waals surface area contributed by atoms with E-state index < -0.39 is 9.84 Å². The van der Waals surface area contributed by atoms with Gasteiger partial charge in [0, 0.05) is 10.0 Å². The normalized spacial score (nSPS) is 25.3. The second-order valence-electron chi connectivity index (χ2n) is 7.23. The molecule has 1 atom stereocenters. The number of carbonyl (C=O) groups excluding carboxylic acids is 1. The second-order valence-corrected chi connectivity index (χ2v) is 10.4. The van der Waals surface area contributed by atoms with Crippen molar-refractivity contribution in [2.75, 3.05) is 11.5 Å². The van der Waals surface area contributed by atoms with Gasteiger partial charge in [-0.25, -0.2) is 8.42 Å². The van der Waals surface area contributed by atoms with Crippen LogP contribution in [0, 0.1) is 5.92 Å². The predicted molar refractivity (Wildman–Crippen MR) is 98.6 cm³/mol. The van der Waals surface area contributed by atoms with Crippen LogP contribution in [0.1, 0.15) is 44.1 Å². The lowest BCUT2D eigenvalue weighted by Crippen LogP contribution is -2.53. The van der Waals surface area contributed by atoms with Gasteiger partial charge in [0.25, 0.3) is 0 Å². The summed E-state index contributed by atoms with van der Waals surface area (Å²) in [6.45, 7) is 0. The molecule has 1 N–H and O–H groups in total. The number of rotatable bonds is 4. The minimum atomic E-state index is -3.03. The van der Waals surface area contributed by atoms with Gasteiger partial charge >= 0.3 is 0 Å². The number of nitrogens with one attached hydrogen (secondary N) is 1. The molecular weight excluding hydrogens is 390 g/mol. The molecule has 0 radical (unpaired) electrons. The van der Waals surface area contributed by atoms with Crippen LogP contribution in [-0.4, -0.2) is 31.4 Å². The average molecular weight is 414 g/mol. The van der Waals surface area contributed by atoms with Gasteiger partial charge in [-0.05, 0) is 43.4 Å². The summed E-state index contributed by atoms with van der Waals surface area (Å²) in [7, 11) is -3.03. The molecule has 1 aliphatic heterocycles. The molecular formula is C18H24BrNO3S. The van der Waals surface area contributed by atoms with E-state index in [1.165, 1.54) is 12.0 Å². The number of halogens is 1. The first kappa shape index (κ1) is 17.9. The van der Waals surface area contributed by atoms with Gasteiger partial charge in [0.1, 0.15) is 0 Å². The first-order chi connectivity index (χ1) is 11.4. The topological polar surface area (TPSA) is 63.2 Å². The number of sulfone groups is 1. The third kappa shape index (κ3) is 4.39. The fraction of sp³-hybridized carbons (Fsp3) is 0.611. The van der Waals surface area contributed by atoms with Gasteiger partial charge in [-0.15, -0.1) is 0 Å². The van der Waals surface area contributed by atoms with Crippen LogP contribution in [0.2, 0.25) is 0 Å². The Morgan fingerprint density at radius 3 is 2.42 bits per heavy atom. The van der Waals surface area contributed by atoms with Gasteiger partial charge in [0.05, 0.1) is 17.4 Å². The van der Waals surface area contributed by atoms with Crippen molar-refractivity contribution in [1.82, 2.24) is 5.32 Å². The van der Waals surface area contributed by atoms with Crippen LogP contribution in [0.15, 0.2) is 28.7 Å². The maximum atomic E-state index is 12.7. The highest BCUT2D eigenvalue weighted by Gasteiger charge is 2.39. The zero-order valence-corrected chi connectivity index (χ0v) is 16.2. The lowest BCUT2D eigenvalue weighted by molar-refractivity contribution is -0.126. The maximum absolute atomic E-state index is 12.7. The Bertz CT molecular complexity index is 693. The molecule has 2 fully saturated rings. The molecule has 6 heteroatoms. The molecule has 132 valence electrons. The van der Waals surface area contributed by atoms with E-state index in [1.54, 1.807) is 0 Å². The van der Waals surface area contributed by atoms with Gasteiger partial charge < -0.3 is 5.32 Å². The number of benzene rings is 1. The molecule has 2 aliphatic rings. The molecule has 1 unspecified atom stereocenters. The van der Waals surface area contributed by atoms with Crippen molar-refractivity contribution in [1.29, 1.82) is 0 Å². The van der Waals surface area contributed by atoms with Gasteiger partial charge in [-0.2, -0.15) is 0 Å². The molecule has 4 nitrogen and oxygen atoms in total. The molecule has 1 aromatic carbocycles. The number of carbonyl (C=O) groups is 1. The van der Waals surface area contributed by atoms with E-state index >= 15 is 0 Å². The van der Waals surface area contributed by atoms with Gasteiger partial charge in [0.15, 0.2) is 9.84 Å². The number of amides is 1. The monoisotopic (exact) mass is 413 g/mol. The minimum Gasteiger partial charge on any atom is -0.350 e. The second kappa shape index (κ2) is 7.16. The fourth-order valence-corrected chi connectivity index (χ4v) is 5.94. The molecule has 3 rings (SSSR count). The van der Waals surface area contributed by atoms with Crippen molar-refractivity contribution in [2.24, 2.45) is 5.92 Å². The summed E-state index contributed by atoms with van der Waals surface area (Å²) in [4.78, 5) is 12.7. The van der Waals surface area contributed by atoms with Crippen molar-refractivity contribution in [3.05, 3.63) is 34.3 Å². The molecule has 0 bridgehead atoms.